The van der Waals surface area contributed by atoms with Crippen molar-refractivity contribution in [1.29, 1.82) is 0 Å². The zero-order chi connectivity index (χ0) is 12.4. The first-order valence-electron chi connectivity index (χ1n) is 6.51. The average Bonchev–Trinajstić information content (AvgIpc) is 2.31. The summed E-state index contributed by atoms with van der Waals surface area (Å²) in [5.41, 5.74) is 0. The third kappa shape index (κ3) is 6.70. The summed E-state index contributed by atoms with van der Waals surface area (Å²) in [6, 6.07) is 0. The number of hydrogen-bond donors (Lipinski definition) is 0. The maximum absolute atomic E-state index is 11.4. The van der Waals surface area contributed by atoms with Crippen molar-refractivity contribution < 1.29 is 14.3 Å². The van der Waals surface area contributed by atoms with Gasteiger partial charge in [-0.25, -0.2) is 4.79 Å². The molecule has 0 aliphatic heterocycles. The molecule has 0 amide bonds. The first kappa shape index (κ1) is 15.3. The van der Waals surface area contributed by atoms with Gasteiger partial charge in [-0.3, -0.25) is 0 Å². The molecule has 96 valence electrons. The second-order valence-electron chi connectivity index (χ2n) is 4.18. The molecule has 16 heavy (non-hydrogen) atoms. The minimum Gasteiger partial charge on any atom is -0.434 e. The fraction of sp³-hybridized carbons (Fsp3) is 0.923. The highest BCUT2D eigenvalue weighted by atomic mass is 16.7. The molecule has 0 N–H and O–H groups in total. The molecule has 0 aromatic rings. The Hall–Kier alpha value is -0.730. The molecule has 0 spiro atoms. The fourth-order valence-corrected chi connectivity index (χ4v) is 1.62. The minimum atomic E-state index is -0.511. The van der Waals surface area contributed by atoms with Crippen LogP contribution in [0.3, 0.4) is 0 Å². The van der Waals surface area contributed by atoms with Gasteiger partial charge in [-0.1, -0.05) is 40.5 Å². The van der Waals surface area contributed by atoms with E-state index in [1.807, 2.05) is 13.8 Å². The summed E-state index contributed by atoms with van der Waals surface area (Å²) in [5, 5.41) is 0. The van der Waals surface area contributed by atoms with E-state index >= 15 is 0 Å². The van der Waals surface area contributed by atoms with Crippen LogP contribution >= 0.6 is 0 Å². The van der Waals surface area contributed by atoms with Crippen LogP contribution in [0.15, 0.2) is 0 Å². The average molecular weight is 230 g/mol. The predicted molar refractivity (Wildman–Crippen MR) is 65.5 cm³/mol. The first-order chi connectivity index (χ1) is 7.67. The van der Waals surface area contributed by atoms with Gasteiger partial charge in [0, 0.05) is 0 Å². The molecule has 0 aliphatic carbocycles. The van der Waals surface area contributed by atoms with Crippen molar-refractivity contribution in [2.45, 2.75) is 65.9 Å². The van der Waals surface area contributed by atoms with Gasteiger partial charge in [0.1, 0.15) is 6.10 Å². The molecular weight excluding hydrogens is 204 g/mol. The van der Waals surface area contributed by atoms with Crippen LogP contribution in [0.25, 0.3) is 0 Å². The number of carbonyl (C=O) groups is 1. The van der Waals surface area contributed by atoms with Gasteiger partial charge in [-0.05, 0) is 25.2 Å². The molecule has 0 heterocycles. The van der Waals surface area contributed by atoms with Crippen molar-refractivity contribution in [2.24, 2.45) is 5.92 Å². The van der Waals surface area contributed by atoms with Crippen LogP contribution in [-0.2, 0) is 9.47 Å². The number of rotatable bonds is 8. The topological polar surface area (TPSA) is 35.5 Å². The van der Waals surface area contributed by atoms with Gasteiger partial charge in [0.25, 0.3) is 0 Å². The molecule has 0 aromatic heterocycles. The van der Waals surface area contributed by atoms with Crippen LogP contribution in [0, 0.1) is 5.92 Å². The molecule has 1 unspecified atom stereocenters. The van der Waals surface area contributed by atoms with E-state index in [0.717, 1.165) is 32.1 Å². The third-order valence-electron chi connectivity index (χ3n) is 2.88. The Labute approximate surface area is 99.5 Å². The van der Waals surface area contributed by atoms with Gasteiger partial charge in [0.15, 0.2) is 0 Å². The van der Waals surface area contributed by atoms with Crippen molar-refractivity contribution in [2.75, 3.05) is 6.61 Å². The molecule has 0 rings (SSSR count). The summed E-state index contributed by atoms with van der Waals surface area (Å²) in [6.45, 7) is 8.77. The lowest BCUT2D eigenvalue weighted by molar-refractivity contribution is 0.0121. The fourth-order valence-electron chi connectivity index (χ4n) is 1.62. The van der Waals surface area contributed by atoms with Gasteiger partial charge in [0.2, 0.25) is 0 Å². The zero-order valence-corrected chi connectivity index (χ0v) is 11.1. The number of ether oxygens (including phenoxy) is 2. The highest BCUT2D eigenvalue weighted by Crippen LogP contribution is 2.12. The van der Waals surface area contributed by atoms with Crippen LogP contribution < -0.4 is 0 Å². The Morgan fingerprint density at radius 1 is 1.06 bits per heavy atom. The molecule has 0 fully saturated rings. The second kappa shape index (κ2) is 9.49. The standard InChI is InChI=1S/C13H26O3/c1-5-9-11(6-2)10-15-13(14)16-12(7-3)8-4/h11-12H,5-10H2,1-4H3. The highest BCUT2D eigenvalue weighted by molar-refractivity contribution is 5.60. The van der Waals surface area contributed by atoms with E-state index in [1.54, 1.807) is 0 Å². The van der Waals surface area contributed by atoms with Crippen LogP contribution in [-0.4, -0.2) is 18.9 Å². The molecule has 0 aromatic carbocycles. The summed E-state index contributed by atoms with van der Waals surface area (Å²) in [6.07, 6.45) is 4.46. The van der Waals surface area contributed by atoms with E-state index in [0.29, 0.717) is 12.5 Å². The van der Waals surface area contributed by atoms with Crippen molar-refractivity contribution >= 4 is 6.16 Å². The maximum Gasteiger partial charge on any atom is 0.508 e. The predicted octanol–water partition coefficient (Wildman–Crippen LogP) is 4.15. The molecule has 0 aliphatic rings. The van der Waals surface area contributed by atoms with Crippen molar-refractivity contribution in [3.63, 3.8) is 0 Å². The van der Waals surface area contributed by atoms with Gasteiger partial charge in [-0.2, -0.15) is 0 Å². The van der Waals surface area contributed by atoms with Gasteiger partial charge >= 0.3 is 6.16 Å². The lowest BCUT2D eigenvalue weighted by Gasteiger charge is -2.16. The first-order valence-corrected chi connectivity index (χ1v) is 6.51. The van der Waals surface area contributed by atoms with Crippen LogP contribution in [0.1, 0.15) is 59.8 Å². The van der Waals surface area contributed by atoms with Crippen LogP contribution in [0.5, 0.6) is 0 Å². The molecule has 0 bridgehead atoms. The van der Waals surface area contributed by atoms with Crippen LogP contribution in [0.2, 0.25) is 0 Å². The molecule has 3 heteroatoms. The van der Waals surface area contributed by atoms with E-state index in [9.17, 15) is 4.79 Å². The van der Waals surface area contributed by atoms with E-state index < -0.39 is 6.16 Å². The zero-order valence-electron chi connectivity index (χ0n) is 11.1. The van der Waals surface area contributed by atoms with Crippen LogP contribution in [0.4, 0.5) is 4.79 Å². The maximum atomic E-state index is 11.4. The molecule has 3 nitrogen and oxygen atoms in total. The molecular formula is C13H26O3. The van der Waals surface area contributed by atoms with Gasteiger partial charge in [0.05, 0.1) is 6.61 Å². The Balaban J connectivity index is 3.78. The normalized spacial score (nSPS) is 12.6. The molecule has 1 atom stereocenters. The Kier molecular flexibility index (Phi) is 9.06. The van der Waals surface area contributed by atoms with Gasteiger partial charge < -0.3 is 9.47 Å². The van der Waals surface area contributed by atoms with E-state index in [2.05, 4.69) is 13.8 Å². The number of carbonyl (C=O) groups excluding carboxylic acids is 1. The summed E-state index contributed by atoms with van der Waals surface area (Å²) in [5.74, 6) is 0.472. The van der Waals surface area contributed by atoms with E-state index in [1.165, 1.54) is 0 Å². The third-order valence-corrected chi connectivity index (χ3v) is 2.88. The Morgan fingerprint density at radius 3 is 2.12 bits per heavy atom. The largest absolute Gasteiger partial charge is 0.508 e. The molecule has 0 radical (unpaired) electrons. The summed E-state index contributed by atoms with van der Waals surface area (Å²) in [4.78, 5) is 11.4. The van der Waals surface area contributed by atoms with Crippen molar-refractivity contribution in [3.8, 4) is 0 Å². The lowest BCUT2D eigenvalue weighted by Crippen LogP contribution is -2.20. The summed E-state index contributed by atoms with van der Waals surface area (Å²) < 4.78 is 10.3. The highest BCUT2D eigenvalue weighted by Gasteiger charge is 2.14. The van der Waals surface area contributed by atoms with E-state index in [-0.39, 0.29) is 6.10 Å². The molecule has 0 saturated heterocycles. The summed E-state index contributed by atoms with van der Waals surface area (Å²) >= 11 is 0. The minimum absolute atomic E-state index is 0.00116. The van der Waals surface area contributed by atoms with Crippen molar-refractivity contribution in [1.82, 2.24) is 0 Å². The van der Waals surface area contributed by atoms with Crippen molar-refractivity contribution in [3.05, 3.63) is 0 Å². The number of hydrogen-bond acceptors (Lipinski definition) is 3. The SMILES string of the molecule is CCCC(CC)COC(=O)OC(CC)CC. The Bertz CT molecular complexity index is 176. The second-order valence-corrected chi connectivity index (χ2v) is 4.18. The summed E-state index contributed by atoms with van der Waals surface area (Å²) in [7, 11) is 0. The van der Waals surface area contributed by atoms with E-state index in [4.69, 9.17) is 9.47 Å². The molecule has 0 saturated carbocycles. The quantitative estimate of drug-likeness (QED) is 0.587. The smallest absolute Gasteiger partial charge is 0.434 e. The van der Waals surface area contributed by atoms with Gasteiger partial charge in [-0.15, -0.1) is 0 Å². The Morgan fingerprint density at radius 2 is 1.69 bits per heavy atom. The monoisotopic (exact) mass is 230 g/mol. The lowest BCUT2D eigenvalue weighted by atomic mass is 10.0.